The van der Waals surface area contributed by atoms with E-state index in [1.807, 2.05) is 18.3 Å². The van der Waals surface area contributed by atoms with Crippen molar-refractivity contribution in [1.29, 1.82) is 0 Å². The van der Waals surface area contributed by atoms with Crippen molar-refractivity contribution >= 4 is 5.91 Å². The first-order chi connectivity index (χ1) is 9.79. The van der Waals surface area contributed by atoms with Crippen LogP contribution in [0, 0.1) is 0 Å². The number of rotatable bonds is 6. The number of nitrogens with zero attached hydrogens (tertiary/aromatic N) is 2. The van der Waals surface area contributed by atoms with E-state index in [-0.39, 0.29) is 5.91 Å². The van der Waals surface area contributed by atoms with E-state index in [1.54, 1.807) is 0 Å². The summed E-state index contributed by atoms with van der Waals surface area (Å²) in [6.45, 7) is 3.06. The van der Waals surface area contributed by atoms with Gasteiger partial charge in [0, 0.05) is 38.3 Å². The number of hydrogen-bond donors (Lipinski definition) is 2. The zero-order valence-corrected chi connectivity index (χ0v) is 11.9. The summed E-state index contributed by atoms with van der Waals surface area (Å²) in [7, 11) is 0. The molecule has 5 heteroatoms. The molecule has 5 nitrogen and oxygen atoms in total. The van der Waals surface area contributed by atoms with Gasteiger partial charge in [0.1, 0.15) is 0 Å². The van der Waals surface area contributed by atoms with Gasteiger partial charge in [-0.25, -0.2) is 0 Å². The highest BCUT2D eigenvalue weighted by Crippen LogP contribution is 2.18. The molecular weight excluding hydrogens is 252 g/mol. The Hall–Kier alpha value is -1.46. The summed E-state index contributed by atoms with van der Waals surface area (Å²) in [5.41, 5.74) is 6.48. The zero-order valence-electron chi connectivity index (χ0n) is 11.9. The molecule has 1 aromatic rings. The number of piperidine rings is 1. The molecule has 0 spiro atoms. The lowest BCUT2D eigenvalue weighted by Crippen LogP contribution is -2.46. The molecule has 1 aromatic heterocycles. The molecule has 1 unspecified atom stereocenters. The van der Waals surface area contributed by atoms with Gasteiger partial charge in [0.2, 0.25) is 5.91 Å². The molecule has 20 heavy (non-hydrogen) atoms. The molecule has 1 atom stereocenters. The number of nitrogens with one attached hydrogen (secondary N) is 1. The maximum atomic E-state index is 11.5. The molecule has 2 rings (SSSR count). The molecule has 110 valence electrons. The first-order valence-corrected chi connectivity index (χ1v) is 7.40. The molecular formula is C15H24N4O. The number of carbonyl (C=O) groups is 1. The molecule has 3 N–H and O–H groups in total. The number of likely N-dealkylation sites (tertiary alicyclic amines) is 1. The van der Waals surface area contributed by atoms with Crippen LogP contribution >= 0.6 is 0 Å². The normalized spacial score (nSPS) is 19.8. The van der Waals surface area contributed by atoms with Crippen LogP contribution in [0.1, 0.15) is 31.4 Å². The predicted molar refractivity (Wildman–Crippen MR) is 79.0 cm³/mol. The second kappa shape index (κ2) is 7.97. The van der Waals surface area contributed by atoms with Crippen molar-refractivity contribution in [2.75, 3.05) is 19.6 Å². The van der Waals surface area contributed by atoms with Crippen LogP contribution in [0.2, 0.25) is 0 Å². The van der Waals surface area contributed by atoms with Crippen LogP contribution in [-0.2, 0) is 11.3 Å². The lowest BCUT2D eigenvalue weighted by Gasteiger charge is -2.35. The van der Waals surface area contributed by atoms with Crippen molar-refractivity contribution in [2.24, 2.45) is 5.73 Å². The summed E-state index contributed by atoms with van der Waals surface area (Å²) in [4.78, 5) is 18.3. The quantitative estimate of drug-likeness (QED) is 0.810. The van der Waals surface area contributed by atoms with Crippen LogP contribution in [0.4, 0.5) is 0 Å². The predicted octanol–water partition coefficient (Wildman–Crippen LogP) is 0.901. The second-order valence-corrected chi connectivity index (χ2v) is 5.28. The van der Waals surface area contributed by atoms with E-state index in [4.69, 9.17) is 5.73 Å². The van der Waals surface area contributed by atoms with Gasteiger partial charge in [0.25, 0.3) is 0 Å². The lowest BCUT2D eigenvalue weighted by atomic mass is 10.0. The monoisotopic (exact) mass is 276 g/mol. The van der Waals surface area contributed by atoms with E-state index < -0.39 is 0 Å². The third-order valence-electron chi connectivity index (χ3n) is 3.75. The molecule has 0 radical (unpaired) electrons. The van der Waals surface area contributed by atoms with Gasteiger partial charge in [0.15, 0.2) is 0 Å². The molecule has 2 heterocycles. The Bertz CT molecular complexity index is 410. The summed E-state index contributed by atoms with van der Waals surface area (Å²) in [5, 5.41) is 2.99. The van der Waals surface area contributed by atoms with Crippen molar-refractivity contribution in [2.45, 2.75) is 38.3 Å². The van der Waals surface area contributed by atoms with E-state index in [9.17, 15) is 4.79 Å². The van der Waals surface area contributed by atoms with Gasteiger partial charge in [-0.05, 0) is 31.5 Å². The fourth-order valence-corrected chi connectivity index (χ4v) is 2.65. The standard InChI is InChI=1S/C15H24N4O/c16-8-7-15(20)18-11-14-6-2-4-10-19(14)12-13-5-1-3-9-17-13/h1,3,5,9,14H,2,4,6-8,10-12,16H2,(H,18,20). The van der Waals surface area contributed by atoms with Crippen LogP contribution in [0.5, 0.6) is 0 Å². The molecule has 1 aliphatic heterocycles. The minimum atomic E-state index is 0.0517. The molecule has 0 saturated carbocycles. The van der Waals surface area contributed by atoms with Gasteiger partial charge in [-0.15, -0.1) is 0 Å². The van der Waals surface area contributed by atoms with Gasteiger partial charge in [-0.3, -0.25) is 14.7 Å². The maximum Gasteiger partial charge on any atom is 0.221 e. The fourth-order valence-electron chi connectivity index (χ4n) is 2.65. The first kappa shape index (κ1) is 14.9. The van der Waals surface area contributed by atoms with Gasteiger partial charge in [0.05, 0.1) is 5.69 Å². The number of aromatic nitrogens is 1. The van der Waals surface area contributed by atoms with Gasteiger partial charge in [-0.1, -0.05) is 12.5 Å². The number of nitrogens with two attached hydrogens (primary N) is 1. The van der Waals surface area contributed by atoms with Gasteiger partial charge in [-0.2, -0.15) is 0 Å². The number of hydrogen-bond acceptors (Lipinski definition) is 4. The topological polar surface area (TPSA) is 71.2 Å². The lowest BCUT2D eigenvalue weighted by molar-refractivity contribution is -0.121. The number of pyridine rings is 1. The van der Waals surface area contributed by atoms with Crippen LogP contribution in [0.15, 0.2) is 24.4 Å². The largest absolute Gasteiger partial charge is 0.354 e. The average molecular weight is 276 g/mol. The van der Waals surface area contributed by atoms with Crippen LogP contribution in [0.3, 0.4) is 0 Å². The Labute approximate surface area is 120 Å². The summed E-state index contributed by atoms with van der Waals surface area (Å²) < 4.78 is 0. The van der Waals surface area contributed by atoms with E-state index in [0.717, 1.165) is 25.2 Å². The van der Waals surface area contributed by atoms with Gasteiger partial charge >= 0.3 is 0 Å². The zero-order chi connectivity index (χ0) is 14.2. The summed E-state index contributed by atoms with van der Waals surface area (Å²) in [6.07, 6.45) is 5.83. The second-order valence-electron chi connectivity index (χ2n) is 5.28. The van der Waals surface area contributed by atoms with Crippen LogP contribution in [0.25, 0.3) is 0 Å². The smallest absolute Gasteiger partial charge is 0.221 e. The Morgan fingerprint density at radius 2 is 2.35 bits per heavy atom. The maximum absolute atomic E-state index is 11.5. The molecule has 1 fully saturated rings. The summed E-state index contributed by atoms with van der Waals surface area (Å²) >= 11 is 0. The molecule has 0 aliphatic carbocycles. The SMILES string of the molecule is NCCC(=O)NCC1CCCCN1Cc1ccccn1. The highest BCUT2D eigenvalue weighted by atomic mass is 16.1. The van der Waals surface area contributed by atoms with Crippen molar-refractivity contribution < 1.29 is 4.79 Å². The summed E-state index contributed by atoms with van der Waals surface area (Å²) in [5.74, 6) is 0.0517. The van der Waals surface area contributed by atoms with Crippen molar-refractivity contribution in [3.8, 4) is 0 Å². The van der Waals surface area contributed by atoms with Crippen molar-refractivity contribution in [3.05, 3.63) is 30.1 Å². The van der Waals surface area contributed by atoms with E-state index in [0.29, 0.717) is 25.6 Å². The highest BCUT2D eigenvalue weighted by molar-refractivity contribution is 5.76. The number of amides is 1. The number of carbonyl (C=O) groups excluding carboxylic acids is 1. The van der Waals surface area contributed by atoms with E-state index in [1.165, 1.54) is 12.8 Å². The molecule has 0 aromatic carbocycles. The highest BCUT2D eigenvalue weighted by Gasteiger charge is 2.22. The minimum Gasteiger partial charge on any atom is -0.354 e. The van der Waals surface area contributed by atoms with Crippen molar-refractivity contribution in [3.63, 3.8) is 0 Å². The Kier molecular flexibility index (Phi) is 5.95. The summed E-state index contributed by atoms with van der Waals surface area (Å²) in [6, 6.07) is 6.42. The Morgan fingerprint density at radius 1 is 1.45 bits per heavy atom. The minimum absolute atomic E-state index is 0.0517. The third-order valence-corrected chi connectivity index (χ3v) is 3.75. The van der Waals surface area contributed by atoms with Crippen LogP contribution in [-0.4, -0.2) is 41.5 Å². The average Bonchev–Trinajstić information content (AvgIpc) is 2.48. The Morgan fingerprint density at radius 3 is 3.10 bits per heavy atom. The van der Waals surface area contributed by atoms with E-state index >= 15 is 0 Å². The Balaban J connectivity index is 1.86. The van der Waals surface area contributed by atoms with Gasteiger partial charge < -0.3 is 11.1 Å². The van der Waals surface area contributed by atoms with E-state index in [2.05, 4.69) is 21.3 Å². The molecule has 1 amide bonds. The third kappa shape index (κ3) is 4.58. The molecule has 0 bridgehead atoms. The first-order valence-electron chi connectivity index (χ1n) is 7.40. The van der Waals surface area contributed by atoms with Crippen LogP contribution < -0.4 is 11.1 Å². The fraction of sp³-hybridized carbons (Fsp3) is 0.600. The van der Waals surface area contributed by atoms with Crippen molar-refractivity contribution in [1.82, 2.24) is 15.2 Å². The molecule has 1 aliphatic rings. The molecule has 1 saturated heterocycles.